The van der Waals surface area contributed by atoms with E-state index in [1.807, 2.05) is 0 Å². The largest absolute Gasteiger partial charge is 0.377 e. The third-order valence-corrected chi connectivity index (χ3v) is 3.89. The molecule has 0 fully saturated rings. The third-order valence-electron chi connectivity index (χ3n) is 2.88. The minimum absolute atomic E-state index is 0.0301. The number of anilines is 1. The monoisotopic (exact) mass is 312 g/mol. The normalized spacial score (nSPS) is 13.0. The summed E-state index contributed by atoms with van der Waals surface area (Å²) in [5.74, 6) is -1.30. The van der Waals surface area contributed by atoms with Gasteiger partial charge in [0.25, 0.3) is 0 Å². The minimum atomic E-state index is -3.35. The van der Waals surface area contributed by atoms with Crippen molar-refractivity contribution < 1.29 is 17.2 Å². The highest BCUT2D eigenvalue weighted by atomic mass is 32.2. The fourth-order valence-electron chi connectivity index (χ4n) is 1.84. The van der Waals surface area contributed by atoms with Gasteiger partial charge in [0.2, 0.25) is 0 Å². The van der Waals surface area contributed by atoms with Gasteiger partial charge in [0.1, 0.15) is 11.6 Å². The maximum atomic E-state index is 13.2. The Balaban J connectivity index is 2.17. The zero-order valence-electron chi connectivity index (χ0n) is 11.5. The summed E-state index contributed by atoms with van der Waals surface area (Å²) in [6.07, 6.45) is 2.43. The van der Waals surface area contributed by atoms with E-state index in [1.165, 1.54) is 24.4 Å². The summed E-state index contributed by atoms with van der Waals surface area (Å²) < 4.78 is 48.9. The maximum absolute atomic E-state index is 13.2. The van der Waals surface area contributed by atoms with Crippen molar-refractivity contribution in [1.29, 1.82) is 0 Å². The molecule has 0 aliphatic heterocycles. The van der Waals surface area contributed by atoms with Crippen LogP contribution in [0.25, 0.3) is 0 Å². The van der Waals surface area contributed by atoms with Crippen LogP contribution in [0.3, 0.4) is 0 Å². The van der Waals surface area contributed by atoms with Crippen LogP contribution >= 0.6 is 0 Å². The van der Waals surface area contributed by atoms with Gasteiger partial charge in [-0.15, -0.1) is 0 Å². The quantitative estimate of drug-likeness (QED) is 0.943. The third kappa shape index (κ3) is 3.98. The SMILES string of the molecule is CC(Nc1ccc(S(C)(=O)=O)nc1)c1cc(F)cc(F)c1. The average Bonchev–Trinajstić information content (AvgIpc) is 2.37. The lowest BCUT2D eigenvalue weighted by Crippen LogP contribution is -2.08. The van der Waals surface area contributed by atoms with Gasteiger partial charge in [-0.25, -0.2) is 22.2 Å². The van der Waals surface area contributed by atoms with E-state index in [-0.39, 0.29) is 11.1 Å². The number of sulfone groups is 1. The average molecular weight is 312 g/mol. The molecule has 1 N–H and O–H groups in total. The van der Waals surface area contributed by atoms with Crippen LogP contribution in [0, 0.1) is 11.6 Å². The highest BCUT2D eigenvalue weighted by Crippen LogP contribution is 2.21. The zero-order chi connectivity index (χ0) is 15.6. The van der Waals surface area contributed by atoms with Gasteiger partial charge in [0, 0.05) is 18.4 Å². The van der Waals surface area contributed by atoms with Crippen molar-refractivity contribution in [3.05, 3.63) is 53.7 Å². The summed E-state index contributed by atoms with van der Waals surface area (Å²) in [4.78, 5) is 3.83. The van der Waals surface area contributed by atoms with Crippen molar-refractivity contribution in [1.82, 2.24) is 4.98 Å². The standard InChI is InChI=1S/C14H14F2N2O2S/c1-9(10-5-11(15)7-12(16)6-10)18-13-3-4-14(17-8-13)21(2,19)20/h3-9,18H,1-2H3. The number of hydrogen-bond donors (Lipinski definition) is 1. The van der Waals surface area contributed by atoms with Crippen LogP contribution in [0.4, 0.5) is 14.5 Å². The van der Waals surface area contributed by atoms with E-state index >= 15 is 0 Å². The van der Waals surface area contributed by atoms with Gasteiger partial charge in [0.05, 0.1) is 11.9 Å². The van der Waals surface area contributed by atoms with Crippen LogP contribution in [0.1, 0.15) is 18.5 Å². The van der Waals surface area contributed by atoms with E-state index in [0.717, 1.165) is 12.3 Å². The fourth-order valence-corrected chi connectivity index (χ4v) is 2.40. The molecule has 0 bridgehead atoms. The number of nitrogens with one attached hydrogen (secondary N) is 1. The Hall–Kier alpha value is -2.02. The summed E-state index contributed by atoms with van der Waals surface area (Å²) in [5.41, 5.74) is 0.999. The van der Waals surface area contributed by atoms with Crippen LogP contribution < -0.4 is 5.32 Å². The second-order valence-electron chi connectivity index (χ2n) is 4.73. The first-order valence-electron chi connectivity index (χ1n) is 6.14. The molecule has 1 aromatic heterocycles. The smallest absolute Gasteiger partial charge is 0.192 e. The van der Waals surface area contributed by atoms with E-state index < -0.39 is 21.5 Å². The van der Waals surface area contributed by atoms with Crippen molar-refractivity contribution >= 4 is 15.5 Å². The molecule has 0 aliphatic carbocycles. The Bertz CT molecular complexity index is 726. The number of hydrogen-bond acceptors (Lipinski definition) is 4. The fraction of sp³-hybridized carbons (Fsp3) is 0.214. The molecule has 0 aliphatic rings. The summed E-state index contributed by atoms with van der Waals surface area (Å²) in [6.45, 7) is 1.73. The highest BCUT2D eigenvalue weighted by molar-refractivity contribution is 7.90. The number of nitrogens with zero attached hydrogens (tertiary/aromatic N) is 1. The molecule has 4 nitrogen and oxygen atoms in total. The molecule has 0 spiro atoms. The maximum Gasteiger partial charge on any atom is 0.192 e. The minimum Gasteiger partial charge on any atom is -0.377 e. The first kappa shape index (κ1) is 15.4. The molecule has 1 atom stereocenters. The van der Waals surface area contributed by atoms with Gasteiger partial charge in [-0.1, -0.05) is 0 Å². The number of benzene rings is 1. The Labute approximate surface area is 121 Å². The molecule has 1 heterocycles. The van der Waals surface area contributed by atoms with Crippen LogP contribution in [0.15, 0.2) is 41.6 Å². The summed E-state index contributed by atoms with van der Waals surface area (Å²) in [6, 6.07) is 5.84. The summed E-state index contributed by atoms with van der Waals surface area (Å²) in [7, 11) is -3.35. The lowest BCUT2D eigenvalue weighted by molar-refractivity contribution is 0.577. The molecule has 0 saturated heterocycles. The van der Waals surface area contributed by atoms with Crippen molar-refractivity contribution in [2.24, 2.45) is 0 Å². The number of pyridine rings is 1. The van der Waals surface area contributed by atoms with E-state index in [0.29, 0.717) is 11.3 Å². The highest BCUT2D eigenvalue weighted by Gasteiger charge is 2.11. The van der Waals surface area contributed by atoms with Crippen LogP contribution in [0.2, 0.25) is 0 Å². The van der Waals surface area contributed by atoms with Crippen LogP contribution in [-0.2, 0) is 9.84 Å². The van der Waals surface area contributed by atoms with E-state index in [4.69, 9.17) is 0 Å². The number of halogens is 2. The Morgan fingerprint density at radius 2 is 1.76 bits per heavy atom. The molecular weight excluding hydrogens is 298 g/mol. The number of rotatable bonds is 4. The van der Waals surface area contributed by atoms with E-state index in [2.05, 4.69) is 10.3 Å². The summed E-state index contributed by atoms with van der Waals surface area (Å²) >= 11 is 0. The first-order chi connectivity index (χ1) is 9.75. The molecule has 21 heavy (non-hydrogen) atoms. The Morgan fingerprint density at radius 1 is 1.14 bits per heavy atom. The van der Waals surface area contributed by atoms with Crippen LogP contribution in [-0.4, -0.2) is 19.7 Å². The van der Waals surface area contributed by atoms with Crippen molar-refractivity contribution in [3.63, 3.8) is 0 Å². The molecule has 2 rings (SSSR count). The molecule has 2 aromatic rings. The predicted octanol–water partition coefficient (Wildman–Crippen LogP) is 2.94. The van der Waals surface area contributed by atoms with Crippen molar-refractivity contribution in [2.45, 2.75) is 18.0 Å². The van der Waals surface area contributed by atoms with Gasteiger partial charge < -0.3 is 5.32 Å². The van der Waals surface area contributed by atoms with E-state index in [1.54, 1.807) is 13.0 Å². The first-order valence-corrected chi connectivity index (χ1v) is 8.03. The van der Waals surface area contributed by atoms with E-state index in [9.17, 15) is 17.2 Å². The van der Waals surface area contributed by atoms with Crippen LogP contribution in [0.5, 0.6) is 0 Å². The predicted molar refractivity (Wildman–Crippen MR) is 75.7 cm³/mol. The van der Waals surface area contributed by atoms with Gasteiger partial charge in [-0.2, -0.15) is 0 Å². The van der Waals surface area contributed by atoms with Gasteiger partial charge in [-0.3, -0.25) is 0 Å². The zero-order valence-corrected chi connectivity index (χ0v) is 12.3. The Morgan fingerprint density at radius 3 is 2.24 bits per heavy atom. The Kier molecular flexibility index (Phi) is 4.22. The molecule has 7 heteroatoms. The lowest BCUT2D eigenvalue weighted by atomic mass is 10.1. The molecule has 112 valence electrons. The topological polar surface area (TPSA) is 59.1 Å². The van der Waals surface area contributed by atoms with Crippen molar-refractivity contribution in [2.75, 3.05) is 11.6 Å². The summed E-state index contributed by atoms with van der Waals surface area (Å²) in [5, 5.41) is 2.97. The lowest BCUT2D eigenvalue weighted by Gasteiger charge is -2.15. The molecule has 0 saturated carbocycles. The second-order valence-corrected chi connectivity index (χ2v) is 6.69. The molecule has 0 radical (unpaired) electrons. The number of aromatic nitrogens is 1. The molecular formula is C14H14F2N2O2S. The van der Waals surface area contributed by atoms with Crippen molar-refractivity contribution in [3.8, 4) is 0 Å². The van der Waals surface area contributed by atoms with Gasteiger partial charge >= 0.3 is 0 Å². The van der Waals surface area contributed by atoms with Gasteiger partial charge in [0.15, 0.2) is 14.9 Å². The molecule has 0 amide bonds. The second kappa shape index (κ2) is 5.77. The molecule has 1 aromatic carbocycles. The molecule has 1 unspecified atom stereocenters. The van der Waals surface area contributed by atoms with Gasteiger partial charge in [-0.05, 0) is 36.8 Å².